The number of carbonyl (C=O) groups is 2. The number of benzene rings is 3. The maximum absolute atomic E-state index is 14.3. The minimum absolute atomic E-state index is 0.290. The molecule has 242 valence electrons. The number of methoxy groups -OCH3 is 2. The van der Waals surface area contributed by atoms with Crippen LogP contribution in [0.4, 0.5) is 10.1 Å². The van der Waals surface area contributed by atoms with Gasteiger partial charge in [0.2, 0.25) is 11.7 Å². The maximum atomic E-state index is 14.3. The van der Waals surface area contributed by atoms with Crippen molar-refractivity contribution < 1.29 is 23.5 Å². The molecule has 2 amide bonds. The van der Waals surface area contributed by atoms with Crippen LogP contribution in [-0.4, -0.2) is 51.8 Å². The Bertz CT molecular complexity index is 1640. The predicted octanol–water partition coefficient (Wildman–Crippen LogP) is 6.23. The van der Waals surface area contributed by atoms with Crippen LogP contribution in [-0.2, 0) is 16.1 Å². The van der Waals surface area contributed by atoms with E-state index in [0.717, 1.165) is 12.8 Å². The van der Waals surface area contributed by atoms with Gasteiger partial charge in [0.25, 0.3) is 5.91 Å². The molecule has 1 aliphatic rings. The average molecular weight is 629 g/mol. The highest BCUT2D eigenvalue weighted by molar-refractivity contribution is 6.01. The van der Waals surface area contributed by atoms with Crippen LogP contribution in [0.3, 0.4) is 0 Å². The van der Waals surface area contributed by atoms with Gasteiger partial charge in [-0.3, -0.25) is 14.5 Å². The van der Waals surface area contributed by atoms with Crippen LogP contribution in [0, 0.1) is 5.82 Å². The molecule has 1 atom stereocenters. The number of anilines is 1. The summed E-state index contributed by atoms with van der Waals surface area (Å²) >= 11 is 0. The van der Waals surface area contributed by atoms with Gasteiger partial charge < -0.3 is 14.8 Å². The quantitative estimate of drug-likeness (QED) is 0.222. The number of hydrogen-bond donors (Lipinski definition) is 1. The third-order valence-electron chi connectivity index (χ3n) is 8.08. The second kappa shape index (κ2) is 14.1. The summed E-state index contributed by atoms with van der Waals surface area (Å²) in [5.41, 5.74) is 2.25. The smallest absolute Gasteiger partial charge is 0.251 e. The first-order chi connectivity index (χ1) is 22.1. The van der Waals surface area contributed by atoms with E-state index in [0.29, 0.717) is 34.2 Å². The summed E-state index contributed by atoms with van der Waals surface area (Å²) < 4.78 is 24.7. The van der Waals surface area contributed by atoms with Crippen molar-refractivity contribution in [1.82, 2.24) is 25.5 Å². The Balaban J connectivity index is 1.51. The second-order valence-corrected chi connectivity index (χ2v) is 12.6. The number of nitrogens with one attached hydrogen (secondary N) is 1. The van der Waals surface area contributed by atoms with E-state index in [2.05, 4.69) is 20.7 Å². The standard InChI is InChI=1S/C35H41FN6O4/c1-35(2,3)37-34(44)32(25-11-16-27(36)17-12-25)42(28-18-13-24(14-19-28)23-9-7-6-8-10-23)31(43)22-41-39-33(38-40-41)26-15-20-29(45-4)30(21-26)46-5/h11-21,23,32H,6-10,22H2,1-5H3,(H,37,44)/t32-/m1/s1. The third-order valence-corrected chi connectivity index (χ3v) is 8.08. The molecule has 0 radical (unpaired) electrons. The highest BCUT2D eigenvalue weighted by atomic mass is 19.1. The molecule has 0 aliphatic heterocycles. The Kier molecular flexibility index (Phi) is 9.99. The highest BCUT2D eigenvalue weighted by Crippen LogP contribution is 2.35. The molecular weight excluding hydrogens is 587 g/mol. The molecule has 1 aromatic heterocycles. The number of halogens is 1. The lowest BCUT2D eigenvalue weighted by Crippen LogP contribution is -2.50. The summed E-state index contributed by atoms with van der Waals surface area (Å²) in [6.07, 6.45) is 5.92. The predicted molar refractivity (Wildman–Crippen MR) is 173 cm³/mol. The Hall–Kier alpha value is -4.80. The van der Waals surface area contributed by atoms with Crippen molar-refractivity contribution in [3.8, 4) is 22.9 Å². The molecular formula is C35H41FN6O4. The Morgan fingerprint density at radius 3 is 2.26 bits per heavy atom. The van der Waals surface area contributed by atoms with Gasteiger partial charge in [0.05, 0.1) is 14.2 Å². The van der Waals surface area contributed by atoms with Crippen LogP contribution in [0.25, 0.3) is 11.4 Å². The van der Waals surface area contributed by atoms with Crippen LogP contribution in [0.15, 0.2) is 66.7 Å². The Labute approximate surface area is 268 Å². The van der Waals surface area contributed by atoms with Crippen LogP contribution >= 0.6 is 0 Å². The summed E-state index contributed by atoms with van der Waals surface area (Å²) in [4.78, 5) is 30.9. The second-order valence-electron chi connectivity index (χ2n) is 12.6. The molecule has 10 nitrogen and oxygen atoms in total. The summed E-state index contributed by atoms with van der Waals surface area (Å²) in [5.74, 6) is 0.530. The van der Waals surface area contributed by atoms with E-state index in [9.17, 15) is 14.0 Å². The molecule has 1 saturated carbocycles. The SMILES string of the molecule is COc1ccc(-c2nnn(CC(=O)N(c3ccc(C4CCCCC4)cc3)[C@@H](C(=O)NC(C)(C)C)c3ccc(F)cc3)n2)cc1OC. The molecule has 5 rings (SSSR count). The first-order valence-corrected chi connectivity index (χ1v) is 15.6. The van der Waals surface area contributed by atoms with E-state index >= 15 is 0 Å². The van der Waals surface area contributed by atoms with Gasteiger partial charge in [0.1, 0.15) is 18.4 Å². The first kappa shape index (κ1) is 32.6. The summed E-state index contributed by atoms with van der Waals surface area (Å²) in [5, 5.41) is 15.8. The molecule has 0 bridgehead atoms. The lowest BCUT2D eigenvalue weighted by atomic mass is 9.84. The number of hydrogen-bond acceptors (Lipinski definition) is 7. The van der Waals surface area contributed by atoms with E-state index in [1.165, 1.54) is 65.9 Å². The fourth-order valence-corrected chi connectivity index (χ4v) is 5.88. The number of carbonyl (C=O) groups excluding carboxylic acids is 2. The molecule has 1 fully saturated rings. The van der Waals surface area contributed by atoms with Gasteiger partial charge in [0, 0.05) is 16.8 Å². The molecule has 1 aliphatic carbocycles. The van der Waals surface area contributed by atoms with Gasteiger partial charge in [-0.05, 0) is 98.3 Å². The van der Waals surface area contributed by atoms with Crippen LogP contribution in [0.5, 0.6) is 11.5 Å². The van der Waals surface area contributed by atoms with E-state index < -0.39 is 29.2 Å². The number of aromatic nitrogens is 4. The summed E-state index contributed by atoms with van der Waals surface area (Å²) in [6, 6.07) is 17.6. The molecule has 0 saturated heterocycles. The molecule has 4 aromatic rings. The minimum Gasteiger partial charge on any atom is -0.493 e. The van der Waals surface area contributed by atoms with Crippen molar-refractivity contribution in [3.05, 3.63) is 83.7 Å². The van der Waals surface area contributed by atoms with E-state index in [-0.39, 0.29) is 12.4 Å². The number of rotatable bonds is 10. The van der Waals surface area contributed by atoms with Gasteiger partial charge in [-0.25, -0.2) is 4.39 Å². The molecule has 11 heteroatoms. The highest BCUT2D eigenvalue weighted by Gasteiger charge is 2.35. The zero-order valence-corrected chi connectivity index (χ0v) is 27.0. The minimum atomic E-state index is -1.10. The zero-order valence-electron chi connectivity index (χ0n) is 27.0. The lowest BCUT2D eigenvalue weighted by molar-refractivity contribution is -0.128. The van der Waals surface area contributed by atoms with Gasteiger partial charge in [-0.1, -0.05) is 43.5 Å². The van der Waals surface area contributed by atoms with Gasteiger partial charge in [0.15, 0.2) is 11.5 Å². The number of amides is 2. The largest absolute Gasteiger partial charge is 0.493 e. The van der Waals surface area contributed by atoms with Crippen LogP contribution in [0.1, 0.15) is 76.0 Å². The van der Waals surface area contributed by atoms with E-state index in [4.69, 9.17) is 9.47 Å². The van der Waals surface area contributed by atoms with Crippen molar-refractivity contribution in [3.63, 3.8) is 0 Å². The molecule has 0 unspecified atom stereocenters. The van der Waals surface area contributed by atoms with Gasteiger partial charge in [-0.15, -0.1) is 10.2 Å². The molecule has 1 heterocycles. The van der Waals surface area contributed by atoms with Gasteiger partial charge >= 0.3 is 0 Å². The molecule has 3 aromatic carbocycles. The van der Waals surface area contributed by atoms with Crippen molar-refractivity contribution in [1.29, 1.82) is 0 Å². The topological polar surface area (TPSA) is 111 Å². The summed E-state index contributed by atoms with van der Waals surface area (Å²) in [6.45, 7) is 5.30. The maximum Gasteiger partial charge on any atom is 0.251 e. The molecule has 0 spiro atoms. The fourth-order valence-electron chi connectivity index (χ4n) is 5.88. The number of nitrogens with zero attached hydrogens (tertiary/aromatic N) is 5. The van der Waals surface area contributed by atoms with Crippen molar-refractivity contribution in [2.75, 3.05) is 19.1 Å². The number of ether oxygens (including phenoxy) is 2. The zero-order chi connectivity index (χ0) is 32.8. The number of tetrazole rings is 1. The van der Waals surface area contributed by atoms with Crippen LogP contribution in [0.2, 0.25) is 0 Å². The average Bonchev–Trinajstić information content (AvgIpc) is 3.51. The normalized spacial score (nSPS) is 14.4. The summed E-state index contributed by atoms with van der Waals surface area (Å²) in [7, 11) is 3.09. The van der Waals surface area contributed by atoms with Crippen molar-refractivity contribution in [2.24, 2.45) is 0 Å². The van der Waals surface area contributed by atoms with Crippen molar-refractivity contribution in [2.45, 2.75) is 76.9 Å². The van der Waals surface area contributed by atoms with E-state index in [1.807, 2.05) is 45.0 Å². The van der Waals surface area contributed by atoms with Crippen molar-refractivity contribution >= 4 is 17.5 Å². The third kappa shape index (κ3) is 7.70. The van der Waals surface area contributed by atoms with E-state index in [1.54, 1.807) is 25.3 Å². The molecule has 1 N–H and O–H groups in total. The Morgan fingerprint density at radius 1 is 0.957 bits per heavy atom. The van der Waals surface area contributed by atoms with Crippen LogP contribution < -0.4 is 19.7 Å². The first-order valence-electron chi connectivity index (χ1n) is 15.6. The lowest BCUT2D eigenvalue weighted by Gasteiger charge is -2.34. The Morgan fingerprint density at radius 2 is 1.63 bits per heavy atom. The molecule has 46 heavy (non-hydrogen) atoms. The monoisotopic (exact) mass is 628 g/mol. The fraction of sp³-hybridized carbons (Fsp3) is 0.400. The van der Waals surface area contributed by atoms with Gasteiger partial charge in [-0.2, -0.15) is 4.80 Å².